The maximum atomic E-state index is 13.1. The summed E-state index contributed by atoms with van der Waals surface area (Å²) in [5.74, 6) is 1.04. The highest BCUT2D eigenvalue weighted by molar-refractivity contribution is 6.13. The molecule has 730 valence electrons. The van der Waals surface area contributed by atoms with E-state index < -0.39 is 29.5 Å². The van der Waals surface area contributed by atoms with Crippen LogP contribution < -0.4 is 23.7 Å². The van der Waals surface area contributed by atoms with E-state index in [1.807, 2.05) is 6.07 Å². The number of hydrogen-bond donors (Lipinski definition) is 0. The molecule has 5 aromatic rings. The maximum Gasteiger partial charge on any atom is 0.354 e. The quantitative estimate of drug-likeness (QED) is 0.00403. The van der Waals surface area contributed by atoms with Gasteiger partial charge in [-0.25, -0.2) is 9.59 Å². The molecule has 0 aliphatic carbocycles. The van der Waals surface area contributed by atoms with Crippen molar-refractivity contribution in [1.29, 1.82) is 0 Å². The number of rotatable bonds is 47. The van der Waals surface area contributed by atoms with Crippen molar-refractivity contribution in [2.24, 2.45) is 0 Å². The van der Waals surface area contributed by atoms with Crippen LogP contribution >= 0.6 is 0 Å². The van der Waals surface area contributed by atoms with Gasteiger partial charge in [0.05, 0.1) is 90.5 Å². The molecule has 0 amide bonds. The lowest BCUT2D eigenvalue weighted by molar-refractivity contribution is -0.155. The predicted molar refractivity (Wildman–Crippen MR) is 526 cm³/mol. The van der Waals surface area contributed by atoms with Crippen LogP contribution in [0.15, 0.2) is 342 Å². The molecule has 10 heterocycles. The molecule has 10 saturated heterocycles. The molecule has 0 N–H and O–H groups in total. The molecule has 23 heteroatoms. The Kier molecular flexibility index (Phi) is 50.7. The fourth-order valence-corrected chi connectivity index (χ4v) is 12.2. The van der Waals surface area contributed by atoms with Crippen molar-refractivity contribution in [2.75, 3.05) is 112 Å². The van der Waals surface area contributed by atoms with Gasteiger partial charge < -0.3 is 90.0 Å². The SMILES string of the molecule is C.C=C=C=C=C=C=C=C=C=C=C=C=C=C=C=C=C=C=C=C=C=C=C=C=C=C=C=C=C=C=C=C=C=C(C(=O)OCc1cccc(OCC2CO2)c1)C(=O)OCc1cccc(OCC2CO2)c1.C=CCOc1c(CC2CO2)cccc1CC1CO1.CCC/C=C/C/C=C/CCCCCCCc1cccc(OCC2CO2)c1.O=C(CC(=O)OCC1CO1)OCC1CO1.c1cc(CC2CO2)c(OCC2CO2)c(CC2CO2)c1. The van der Waals surface area contributed by atoms with E-state index in [0.717, 1.165) is 95.4 Å². The van der Waals surface area contributed by atoms with Crippen LogP contribution in [0.4, 0.5) is 0 Å². The summed E-state index contributed by atoms with van der Waals surface area (Å²) in [7, 11) is 0. The van der Waals surface area contributed by atoms with E-state index in [1.54, 1.807) is 54.6 Å². The highest BCUT2D eigenvalue weighted by Gasteiger charge is 2.33. The van der Waals surface area contributed by atoms with Gasteiger partial charge in [0, 0.05) is 106 Å². The molecule has 10 unspecified atom stereocenters. The van der Waals surface area contributed by atoms with Crippen LogP contribution in [0.1, 0.15) is 118 Å². The Morgan fingerprint density at radius 3 is 0.986 bits per heavy atom. The molecule has 10 atom stereocenters. The molecule has 143 heavy (non-hydrogen) atoms. The summed E-state index contributed by atoms with van der Waals surface area (Å²) in [4.78, 5) is 48.2. The molecule has 0 bridgehead atoms. The second-order valence-corrected chi connectivity index (χ2v) is 32.4. The topological polar surface area (TPSA) is 277 Å². The minimum absolute atomic E-state index is 0. The van der Waals surface area contributed by atoms with Gasteiger partial charge >= 0.3 is 23.9 Å². The van der Waals surface area contributed by atoms with Gasteiger partial charge in [0.2, 0.25) is 0 Å². The fraction of sp³-hybridized carbons (Fsp3) is 0.383. The smallest absolute Gasteiger partial charge is 0.354 e. The number of benzene rings is 5. The molecule has 15 rings (SSSR count). The third-order valence-corrected chi connectivity index (χ3v) is 20.2. The average Bonchev–Trinajstić information content (AvgIpc) is 1.69. The first-order valence-electron chi connectivity index (χ1n) is 47.0. The summed E-state index contributed by atoms with van der Waals surface area (Å²) in [6, 6.07) is 35.3. The van der Waals surface area contributed by atoms with E-state index in [9.17, 15) is 19.2 Å². The van der Waals surface area contributed by atoms with Crippen molar-refractivity contribution in [1.82, 2.24) is 0 Å². The number of ether oxygens (including phenoxy) is 19. The molecular formula is C120H112O23. The van der Waals surface area contributed by atoms with Crippen molar-refractivity contribution in [3.63, 3.8) is 0 Å². The monoisotopic (exact) mass is 1920 g/mol. The number of carbonyl (C=O) groups is 4. The molecule has 10 aliphatic rings. The number of allylic oxidation sites excluding steroid dienone is 4. The highest BCUT2D eigenvalue weighted by Crippen LogP contribution is 2.34. The number of carbonyl (C=O) groups excluding carboxylic acids is 4. The summed E-state index contributed by atoms with van der Waals surface area (Å²) in [6.45, 7) is 19.8. The molecule has 0 aromatic heterocycles. The summed E-state index contributed by atoms with van der Waals surface area (Å²) in [5, 5.41) is 0. The fourth-order valence-electron chi connectivity index (χ4n) is 12.2. The van der Waals surface area contributed by atoms with Gasteiger partial charge in [-0.3, -0.25) is 9.59 Å². The Hall–Kier alpha value is -15.5. The Bertz CT molecular complexity index is 6440. The first-order chi connectivity index (χ1) is 70.0. The molecule has 10 aliphatic heterocycles. The van der Waals surface area contributed by atoms with E-state index in [2.05, 4.69) is 282 Å². The summed E-state index contributed by atoms with van der Waals surface area (Å²) in [5.41, 5.74) is 86.5. The lowest BCUT2D eigenvalue weighted by Gasteiger charge is -2.14. The second kappa shape index (κ2) is 66.2. The van der Waals surface area contributed by atoms with Crippen molar-refractivity contribution >= 4 is 23.9 Å². The van der Waals surface area contributed by atoms with Gasteiger partial charge in [-0.15, -0.1) is 0 Å². The van der Waals surface area contributed by atoms with Gasteiger partial charge in [0.1, 0.15) is 131 Å². The summed E-state index contributed by atoms with van der Waals surface area (Å²) < 4.78 is 101. The van der Waals surface area contributed by atoms with Gasteiger partial charge in [-0.1, -0.05) is 156 Å². The Labute approximate surface area is 834 Å². The van der Waals surface area contributed by atoms with Crippen LogP contribution in [0.25, 0.3) is 0 Å². The first kappa shape index (κ1) is 110. The number of epoxide rings is 10. The van der Waals surface area contributed by atoms with E-state index in [-0.39, 0.29) is 70.8 Å². The molecule has 0 spiro atoms. The minimum atomic E-state index is -0.997. The van der Waals surface area contributed by atoms with Gasteiger partial charge in [0.25, 0.3) is 0 Å². The number of para-hydroxylation sites is 2. The molecule has 10 fully saturated rings. The summed E-state index contributed by atoms with van der Waals surface area (Å²) >= 11 is 0. The third kappa shape index (κ3) is 52.9. The highest BCUT2D eigenvalue weighted by atomic mass is 16.6. The third-order valence-electron chi connectivity index (χ3n) is 20.2. The van der Waals surface area contributed by atoms with Crippen LogP contribution in [0, 0.1) is 0 Å². The number of esters is 4. The van der Waals surface area contributed by atoms with Gasteiger partial charge in [-0.05, 0) is 218 Å². The largest absolute Gasteiger partial charge is 0.491 e. The van der Waals surface area contributed by atoms with Crippen LogP contribution in [0.5, 0.6) is 28.7 Å². The molecule has 5 aromatic carbocycles. The van der Waals surface area contributed by atoms with Crippen molar-refractivity contribution in [2.45, 2.75) is 185 Å². The lowest BCUT2D eigenvalue weighted by atomic mass is 10.0. The van der Waals surface area contributed by atoms with Crippen LogP contribution in [0.3, 0.4) is 0 Å². The zero-order chi connectivity index (χ0) is 99.0. The van der Waals surface area contributed by atoms with E-state index >= 15 is 0 Å². The maximum absolute atomic E-state index is 13.1. The van der Waals surface area contributed by atoms with E-state index in [0.29, 0.717) is 113 Å². The number of hydrogen-bond acceptors (Lipinski definition) is 23. The van der Waals surface area contributed by atoms with Crippen LogP contribution in [-0.2, 0) is 131 Å². The standard InChI is InChI=1S/C56H24O8.C24H36O2.C15H18O4.C15H18O3.C9H12O6.CH4/c1-2-3-4-5-6-7-8-9-10-11-12-13-14-15-16-17-18-19-20-21-22-23-24-25-26-27-28-29-30-31-32-39-54(55(57)63-42-48-35-33-37-50(40-48)59-44-52-46-61-52)56(58)64-43-49-36-34-38-51(41-49)60-45-53-47-62-53;1-2-3-4-5-6-7-8-9-10-11-12-13-14-16-22-17-15-18-23(19-22)25-20-24-21-26-24;1-2-10(4-12-6-16-12)15(19-9-14-8-18-14)11(3-1)5-13-7-17-13;1-2-6-16-15-11(7-13-9-17-13)4-3-5-12(15)8-14-10-18-14;10-8(14-4-6-2-12-6)1-9(11)15-5-7-3-13-7;/h33-38,40-41,52-53H,1,42-47H2;4-5,7-8,15,17-19,24H,2-3,6,9-14,16,20-21H2,1H3;1-3,12-14H,4-9H2;2-5,13-14H,1,6-10H2;6-7H,1-5H2;1H4/b;5-4+,8-7+;;;;. The molecule has 0 saturated carbocycles. The van der Waals surface area contributed by atoms with Crippen LogP contribution in [0.2, 0.25) is 0 Å². The summed E-state index contributed by atoms with van der Waals surface area (Å²) in [6.07, 6.45) is 29.3. The predicted octanol–water partition coefficient (Wildman–Crippen LogP) is 17.6. The first-order valence-corrected chi connectivity index (χ1v) is 47.0. The average molecular weight is 1920 g/mol. The zero-order valence-corrected chi connectivity index (χ0v) is 79.4. The zero-order valence-electron chi connectivity index (χ0n) is 79.4. The van der Waals surface area contributed by atoms with Crippen molar-refractivity contribution in [3.8, 4) is 28.7 Å². The van der Waals surface area contributed by atoms with Crippen molar-refractivity contribution in [3.05, 3.63) is 381 Å². The Morgan fingerprint density at radius 1 is 0.336 bits per heavy atom. The Morgan fingerprint density at radius 2 is 0.636 bits per heavy atom. The van der Waals surface area contributed by atoms with E-state index in [4.69, 9.17) is 90.0 Å². The van der Waals surface area contributed by atoms with Gasteiger partial charge in [0.15, 0.2) is 5.57 Å². The number of unbranched alkanes of at least 4 members (excludes halogenated alkanes) is 6. The van der Waals surface area contributed by atoms with Crippen molar-refractivity contribution < 1.29 is 109 Å². The molecular weight excluding hydrogens is 1810 g/mol. The lowest BCUT2D eigenvalue weighted by Crippen LogP contribution is -2.18. The number of aryl methyl sites for hydroxylation is 1. The van der Waals surface area contributed by atoms with E-state index in [1.165, 1.54) is 79.2 Å². The molecule has 0 radical (unpaired) electrons. The second-order valence-electron chi connectivity index (χ2n) is 32.4. The Balaban J connectivity index is 0.000000213. The normalized spacial score (nSPS) is 18.1. The minimum Gasteiger partial charge on any atom is -0.491 e. The molecule has 23 nitrogen and oxygen atoms in total. The van der Waals surface area contributed by atoms with Gasteiger partial charge in [-0.2, -0.15) is 0 Å². The van der Waals surface area contributed by atoms with Crippen LogP contribution in [-0.4, -0.2) is 197 Å².